The highest BCUT2D eigenvalue weighted by molar-refractivity contribution is 9.10. The number of fused-ring (bicyclic) bond motifs is 1. The van der Waals surface area contributed by atoms with E-state index < -0.39 is 5.97 Å². The van der Waals surface area contributed by atoms with Gasteiger partial charge in [-0.3, -0.25) is 9.20 Å². The van der Waals surface area contributed by atoms with E-state index in [4.69, 9.17) is 5.11 Å². The van der Waals surface area contributed by atoms with Crippen molar-refractivity contribution in [3.8, 4) is 0 Å². The maximum absolute atomic E-state index is 10.6. The van der Waals surface area contributed by atoms with Gasteiger partial charge in [0.25, 0.3) is 0 Å². The lowest BCUT2D eigenvalue weighted by Crippen LogP contribution is -2.05. The SMILES string of the molecule is O=C(O)Cc1ncc2cccc(Br)n12. The second-order valence-corrected chi connectivity index (χ2v) is 3.67. The number of aliphatic carboxylic acids is 1. The first-order valence-corrected chi connectivity index (χ1v) is 4.80. The molecule has 0 radical (unpaired) electrons. The average molecular weight is 255 g/mol. The van der Waals surface area contributed by atoms with E-state index in [1.807, 2.05) is 18.2 Å². The number of carboxylic acid groups (broad SMARTS) is 1. The molecule has 0 fully saturated rings. The minimum Gasteiger partial charge on any atom is -0.481 e. The zero-order valence-corrected chi connectivity index (χ0v) is 8.73. The van der Waals surface area contributed by atoms with Crippen molar-refractivity contribution in [2.24, 2.45) is 0 Å². The van der Waals surface area contributed by atoms with Crippen LogP contribution in [0.25, 0.3) is 5.52 Å². The van der Waals surface area contributed by atoms with Gasteiger partial charge in [-0.25, -0.2) is 4.98 Å². The third kappa shape index (κ3) is 1.50. The van der Waals surface area contributed by atoms with E-state index in [9.17, 15) is 4.79 Å². The van der Waals surface area contributed by atoms with Gasteiger partial charge in [0.2, 0.25) is 0 Å². The number of imidazole rings is 1. The summed E-state index contributed by atoms with van der Waals surface area (Å²) in [4.78, 5) is 14.6. The smallest absolute Gasteiger partial charge is 0.311 e. The van der Waals surface area contributed by atoms with E-state index in [1.54, 1.807) is 10.6 Å². The van der Waals surface area contributed by atoms with Gasteiger partial charge in [-0.2, -0.15) is 0 Å². The molecule has 0 unspecified atom stereocenters. The summed E-state index contributed by atoms with van der Waals surface area (Å²) in [5.41, 5.74) is 0.885. The van der Waals surface area contributed by atoms with E-state index in [0.29, 0.717) is 5.82 Å². The number of aromatic nitrogens is 2. The quantitative estimate of drug-likeness (QED) is 0.831. The molecular weight excluding hydrogens is 248 g/mol. The van der Waals surface area contributed by atoms with E-state index in [0.717, 1.165) is 10.1 Å². The molecule has 0 aliphatic carbocycles. The van der Waals surface area contributed by atoms with Crippen molar-refractivity contribution < 1.29 is 9.90 Å². The van der Waals surface area contributed by atoms with Crippen LogP contribution in [0.2, 0.25) is 0 Å². The molecule has 0 aromatic carbocycles. The minimum atomic E-state index is -0.881. The molecule has 0 aliphatic heterocycles. The number of halogens is 1. The Labute approximate surface area is 88.3 Å². The number of nitrogens with zero attached hydrogens (tertiary/aromatic N) is 2. The molecule has 4 nitrogen and oxygen atoms in total. The van der Waals surface area contributed by atoms with Crippen LogP contribution in [-0.2, 0) is 11.2 Å². The van der Waals surface area contributed by atoms with Crippen LogP contribution in [0.3, 0.4) is 0 Å². The highest BCUT2D eigenvalue weighted by atomic mass is 79.9. The largest absolute Gasteiger partial charge is 0.481 e. The summed E-state index contributed by atoms with van der Waals surface area (Å²) in [6.45, 7) is 0. The number of hydrogen-bond donors (Lipinski definition) is 1. The number of pyridine rings is 1. The summed E-state index contributed by atoms with van der Waals surface area (Å²) in [6, 6.07) is 5.61. The van der Waals surface area contributed by atoms with Gasteiger partial charge in [0.05, 0.1) is 16.3 Å². The Morgan fingerprint density at radius 3 is 3.07 bits per heavy atom. The molecule has 2 aromatic heterocycles. The normalized spacial score (nSPS) is 10.6. The van der Waals surface area contributed by atoms with E-state index in [2.05, 4.69) is 20.9 Å². The fourth-order valence-electron chi connectivity index (χ4n) is 1.33. The zero-order valence-electron chi connectivity index (χ0n) is 7.14. The van der Waals surface area contributed by atoms with Gasteiger partial charge in [0.15, 0.2) is 0 Å². The van der Waals surface area contributed by atoms with Gasteiger partial charge in [-0.15, -0.1) is 0 Å². The number of carbonyl (C=O) groups is 1. The molecule has 0 atom stereocenters. The van der Waals surface area contributed by atoms with Crippen molar-refractivity contribution in [2.75, 3.05) is 0 Å². The van der Waals surface area contributed by atoms with Crippen molar-refractivity contribution in [2.45, 2.75) is 6.42 Å². The second-order valence-electron chi connectivity index (χ2n) is 2.85. The molecule has 2 rings (SSSR count). The molecule has 5 heteroatoms. The number of rotatable bonds is 2. The Balaban J connectivity index is 2.61. The first-order valence-electron chi connectivity index (χ1n) is 4.01. The lowest BCUT2D eigenvalue weighted by molar-refractivity contribution is -0.136. The predicted octanol–water partition coefficient (Wildman–Crippen LogP) is 1.72. The molecule has 2 aromatic rings. The highest BCUT2D eigenvalue weighted by Crippen LogP contribution is 2.16. The van der Waals surface area contributed by atoms with E-state index in [1.165, 1.54) is 0 Å². The van der Waals surface area contributed by atoms with Gasteiger partial charge in [0, 0.05) is 0 Å². The molecule has 14 heavy (non-hydrogen) atoms. The lowest BCUT2D eigenvalue weighted by Gasteiger charge is -2.00. The van der Waals surface area contributed by atoms with Crippen LogP contribution in [-0.4, -0.2) is 20.5 Å². The Hall–Kier alpha value is -1.36. The first kappa shape index (κ1) is 9.21. The Morgan fingerprint density at radius 2 is 2.36 bits per heavy atom. The Bertz CT molecular complexity index is 493. The van der Waals surface area contributed by atoms with Gasteiger partial charge in [-0.1, -0.05) is 6.07 Å². The fraction of sp³-hybridized carbons (Fsp3) is 0.111. The maximum Gasteiger partial charge on any atom is 0.311 e. The van der Waals surface area contributed by atoms with Crippen LogP contribution in [0, 0.1) is 0 Å². The maximum atomic E-state index is 10.6. The summed E-state index contributed by atoms with van der Waals surface area (Å²) in [5.74, 6) is -0.353. The molecule has 0 spiro atoms. The van der Waals surface area contributed by atoms with Crippen molar-refractivity contribution in [3.05, 3.63) is 34.8 Å². The molecule has 0 amide bonds. The molecule has 2 heterocycles. The second kappa shape index (κ2) is 3.42. The third-order valence-corrected chi connectivity index (χ3v) is 2.50. The summed E-state index contributed by atoms with van der Waals surface area (Å²) in [7, 11) is 0. The van der Waals surface area contributed by atoms with Gasteiger partial charge in [-0.05, 0) is 28.1 Å². The monoisotopic (exact) mass is 254 g/mol. The predicted molar refractivity (Wildman–Crippen MR) is 54.2 cm³/mol. The van der Waals surface area contributed by atoms with Crippen molar-refractivity contribution in [3.63, 3.8) is 0 Å². The standard InChI is InChI=1S/C9H7BrN2O2/c10-7-3-1-2-6-5-11-8(12(6)7)4-9(13)14/h1-3,5H,4H2,(H,13,14). The molecule has 0 saturated heterocycles. The van der Waals surface area contributed by atoms with Crippen LogP contribution < -0.4 is 0 Å². The Kier molecular flexibility index (Phi) is 2.25. The van der Waals surface area contributed by atoms with Gasteiger partial charge < -0.3 is 5.11 Å². The summed E-state index contributed by atoms with van der Waals surface area (Å²) >= 11 is 3.35. The number of hydrogen-bond acceptors (Lipinski definition) is 2. The lowest BCUT2D eigenvalue weighted by atomic mass is 10.4. The third-order valence-electron chi connectivity index (χ3n) is 1.89. The van der Waals surface area contributed by atoms with Crippen LogP contribution in [0.5, 0.6) is 0 Å². The van der Waals surface area contributed by atoms with E-state index >= 15 is 0 Å². The topological polar surface area (TPSA) is 54.6 Å². The molecule has 0 saturated carbocycles. The van der Waals surface area contributed by atoms with E-state index in [-0.39, 0.29) is 6.42 Å². The average Bonchev–Trinajstić information content (AvgIpc) is 2.49. The first-order chi connectivity index (χ1) is 6.68. The zero-order chi connectivity index (χ0) is 10.1. The van der Waals surface area contributed by atoms with Crippen LogP contribution in [0.15, 0.2) is 29.0 Å². The summed E-state index contributed by atoms with van der Waals surface area (Å²) < 4.78 is 2.58. The molecule has 72 valence electrons. The number of carboxylic acids is 1. The van der Waals surface area contributed by atoms with Crippen LogP contribution >= 0.6 is 15.9 Å². The molecule has 1 N–H and O–H groups in total. The van der Waals surface area contributed by atoms with Crippen molar-refractivity contribution in [1.82, 2.24) is 9.38 Å². The molecule has 0 aliphatic rings. The summed E-state index contributed by atoms with van der Waals surface area (Å²) in [6.07, 6.45) is 1.58. The highest BCUT2D eigenvalue weighted by Gasteiger charge is 2.09. The van der Waals surface area contributed by atoms with Crippen LogP contribution in [0.4, 0.5) is 0 Å². The van der Waals surface area contributed by atoms with Crippen molar-refractivity contribution >= 4 is 27.4 Å². The minimum absolute atomic E-state index is 0.0726. The van der Waals surface area contributed by atoms with Crippen molar-refractivity contribution in [1.29, 1.82) is 0 Å². The summed E-state index contributed by atoms with van der Waals surface area (Å²) in [5, 5.41) is 8.67. The Morgan fingerprint density at radius 1 is 1.57 bits per heavy atom. The fourth-order valence-corrected chi connectivity index (χ4v) is 1.89. The molecular formula is C9H7BrN2O2. The van der Waals surface area contributed by atoms with Gasteiger partial charge in [0.1, 0.15) is 12.2 Å². The van der Waals surface area contributed by atoms with Crippen LogP contribution in [0.1, 0.15) is 5.82 Å². The van der Waals surface area contributed by atoms with Gasteiger partial charge >= 0.3 is 5.97 Å². The molecule has 0 bridgehead atoms.